The number of ketones is 1. The standard InChI is InChI=1S/C13H16FNO3S/c1-17-13(18-2)11(16)8-12(19-3)15-10-6-4-9(14)5-7-10/h4-8,13,15H,1-3H3. The van der Waals surface area contributed by atoms with Crippen molar-refractivity contribution >= 4 is 23.2 Å². The minimum absolute atomic E-state index is 0.302. The molecule has 0 aliphatic carbocycles. The van der Waals surface area contributed by atoms with Gasteiger partial charge in [0.05, 0.1) is 5.03 Å². The van der Waals surface area contributed by atoms with Crippen LogP contribution in [0.5, 0.6) is 0 Å². The Morgan fingerprint density at radius 1 is 1.32 bits per heavy atom. The first-order valence-corrected chi connectivity index (χ1v) is 6.71. The highest BCUT2D eigenvalue weighted by atomic mass is 32.2. The van der Waals surface area contributed by atoms with Crippen LogP contribution < -0.4 is 5.32 Å². The van der Waals surface area contributed by atoms with Crippen molar-refractivity contribution in [2.24, 2.45) is 0 Å². The summed E-state index contributed by atoms with van der Waals surface area (Å²) >= 11 is 1.36. The predicted octanol–water partition coefficient (Wildman–Crippen LogP) is 2.63. The van der Waals surface area contributed by atoms with Crippen molar-refractivity contribution in [3.05, 3.63) is 41.2 Å². The second kappa shape index (κ2) is 7.93. The van der Waals surface area contributed by atoms with Gasteiger partial charge in [-0.1, -0.05) is 0 Å². The van der Waals surface area contributed by atoms with Crippen molar-refractivity contribution < 1.29 is 18.7 Å². The highest BCUT2D eigenvalue weighted by Crippen LogP contribution is 2.18. The average molecular weight is 285 g/mol. The van der Waals surface area contributed by atoms with E-state index in [-0.39, 0.29) is 11.6 Å². The van der Waals surface area contributed by atoms with Crippen molar-refractivity contribution in [2.75, 3.05) is 25.8 Å². The first-order chi connectivity index (χ1) is 9.10. The highest BCUT2D eigenvalue weighted by Gasteiger charge is 2.15. The fourth-order valence-electron chi connectivity index (χ4n) is 1.35. The van der Waals surface area contributed by atoms with Crippen LogP contribution in [0.1, 0.15) is 0 Å². The first kappa shape index (κ1) is 15.7. The largest absolute Gasteiger partial charge is 0.350 e. The molecule has 0 heterocycles. The minimum Gasteiger partial charge on any atom is -0.350 e. The van der Waals surface area contributed by atoms with Crippen molar-refractivity contribution in [2.45, 2.75) is 6.29 Å². The van der Waals surface area contributed by atoms with Gasteiger partial charge in [0.25, 0.3) is 0 Å². The smallest absolute Gasteiger partial charge is 0.221 e. The van der Waals surface area contributed by atoms with Gasteiger partial charge >= 0.3 is 0 Å². The highest BCUT2D eigenvalue weighted by molar-refractivity contribution is 8.02. The molecule has 0 saturated carbocycles. The number of ether oxygens (including phenoxy) is 2. The van der Waals surface area contributed by atoms with Crippen molar-refractivity contribution in [3.63, 3.8) is 0 Å². The number of carbonyl (C=O) groups is 1. The monoisotopic (exact) mass is 285 g/mol. The lowest BCUT2D eigenvalue weighted by atomic mass is 10.3. The maximum Gasteiger partial charge on any atom is 0.221 e. The number of thioether (sulfide) groups is 1. The van der Waals surface area contributed by atoms with Gasteiger partial charge in [-0.3, -0.25) is 4.79 Å². The summed E-state index contributed by atoms with van der Waals surface area (Å²) in [5.74, 6) is -0.612. The second-order valence-corrected chi connectivity index (χ2v) is 4.40. The number of nitrogens with one attached hydrogen (secondary N) is 1. The molecule has 0 aromatic heterocycles. The molecule has 0 aliphatic heterocycles. The van der Waals surface area contributed by atoms with Crippen molar-refractivity contribution in [1.29, 1.82) is 0 Å². The van der Waals surface area contributed by atoms with Crippen LogP contribution in [-0.2, 0) is 14.3 Å². The summed E-state index contributed by atoms with van der Waals surface area (Å²) in [5, 5.41) is 3.64. The fourth-order valence-corrected chi connectivity index (χ4v) is 1.80. The SMILES string of the molecule is COC(OC)C(=O)C=C(Nc1ccc(F)cc1)SC. The number of anilines is 1. The lowest BCUT2D eigenvalue weighted by Crippen LogP contribution is -2.23. The molecule has 0 aliphatic rings. The number of hydrogen-bond donors (Lipinski definition) is 1. The molecule has 0 saturated heterocycles. The Balaban J connectivity index is 2.77. The molecular weight excluding hydrogens is 269 g/mol. The van der Waals surface area contributed by atoms with Crippen LogP contribution in [0.3, 0.4) is 0 Å². The van der Waals surface area contributed by atoms with Gasteiger partial charge in [-0.15, -0.1) is 11.8 Å². The van der Waals surface area contributed by atoms with Crippen LogP contribution in [0.25, 0.3) is 0 Å². The molecule has 1 N–H and O–H groups in total. The third kappa shape index (κ3) is 5.02. The lowest BCUT2D eigenvalue weighted by Gasteiger charge is -2.12. The molecule has 0 unspecified atom stereocenters. The molecule has 4 nitrogen and oxygen atoms in total. The van der Waals surface area contributed by atoms with Gasteiger partial charge in [0.15, 0.2) is 0 Å². The van der Waals surface area contributed by atoms with Crippen LogP contribution in [0.15, 0.2) is 35.4 Å². The fraction of sp³-hybridized carbons (Fsp3) is 0.308. The minimum atomic E-state index is -0.919. The van der Waals surface area contributed by atoms with E-state index in [9.17, 15) is 9.18 Å². The van der Waals surface area contributed by atoms with Gasteiger partial charge in [-0.25, -0.2) is 4.39 Å². The number of halogens is 1. The molecule has 0 amide bonds. The molecule has 0 atom stereocenters. The Hall–Kier alpha value is -1.37. The zero-order valence-electron chi connectivity index (χ0n) is 11.0. The summed E-state index contributed by atoms with van der Waals surface area (Å²) in [6, 6.07) is 5.87. The van der Waals surface area contributed by atoms with Crippen LogP contribution in [0.2, 0.25) is 0 Å². The van der Waals surface area contributed by atoms with Gasteiger partial charge in [-0.05, 0) is 30.5 Å². The van der Waals surface area contributed by atoms with Gasteiger partial charge in [-0.2, -0.15) is 0 Å². The van der Waals surface area contributed by atoms with Gasteiger partial charge in [0.2, 0.25) is 12.1 Å². The molecule has 0 fully saturated rings. The molecule has 0 bridgehead atoms. The van der Waals surface area contributed by atoms with E-state index in [4.69, 9.17) is 9.47 Å². The number of carbonyl (C=O) groups excluding carboxylic acids is 1. The Morgan fingerprint density at radius 2 is 1.89 bits per heavy atom. The zero-order valence-corrected chi connectivity index (χ0v) is 11.8. The summed E-state index contributed by atoms with van der Waals surface area (Å²) in [6.07, 6.45) is 2.30. The van der Waals surface area contributed by atoms with Crippen LogP contribution in [-0.4, -0.2) is 32.5 Å². The number of hydrogen-bond acceptors (Lipinski definition) is 5. The molecule has 19 heavy (non-hydrogen) atoms. The number of benzene rings is 1. The summed E-state index contributed by atoms with van der Waals surface area (Å²) in [5.41, 5.74) is 0.696. The molecule has 6 heteroatoms. The van der Waals surface area contributed by atoms with E-state index >= 15 is 0 Å². The normalized spacial score (nSPS) is 11.7. The molecule has 0 radical (unpaired) electrons. The Morgan fingerprint density at radius 3 is 2.37 bits per heavy atom. The summed E-state index contributed by atoms with van der Waals surface area (Å²) in [4.78, 5) is 11.8. The second-order valence-electron chi connectivity index (χ2n) is 3.55. The van der Waals surface area contributed by atoms with Crippen LogP contribution >= 0.6 is 11.8 Å². The van der Waals surface area contributed by atoms with E-state index in [1.54, 1.807) is 12.1 Å². The molecule has 0 spiro atoms. The number of rotatable bonds is 7. The average Bonchev–Trinajstić information content (AvgIpc) is 2.41. The molecule has 1 aromatic rings. The number of methoxy groups -OCH3 is 2. The van der Waals surface area contributed by atoms with Crippen molar-refractivity contribution in [1.82, 2.24) is 0 Å². The summed E-state index contributed by atoms with van der Waals surface area (Å²) < 4.78 is 22.5. The van der Waals surface area contributed by atoms with Crippen molar-refractivity contribution in [3.8, 4) is 0 Å². The van der Waals surface area contributed by atoms with E-state index in [0.717, 1.165) is 0 Å². The molecule has 1 rings (SSSR count). The third-order valence-electron chi connectivity index (χ3n) is 2.27. The van der Waals surface area contributed by atoms with Gasteiger partial charge in [0.1, 0.15) is 5.82 Å². The molecule has 104 valence electrons. The summed E-state index contributed by atoms with van der Waals surface area (Å²) in [7, 11) is 2.79. The molecule has 1 aromatic carbocycles. The maximum atomic E-state index is 12.8. The predicted molar refractivity (Wildman–Crippen MR) is 74.4 cm³/mol. The van der Waals surface area contributed by atoms with E-state index in [1.807, 2.05) is 6.26 Å². The van der Waals surface area contributed by atoms with Crippen LogP contribution in [0.4, 0.5) is 10.1 Å². The molecular formula is C13H16FNO3S. The zero-order chi connectivity index (χ0) is 14.3. The van der Waals surface area contributed by atoms with E-state index in [0.29, 0.717) is 10.7 Å². The Labute approximate surface area is 116 Å². The van der Waals surface area contributed by atoms with E-state index in [2.05, 4.69) is 5.32 Å². The lowest BCUT2D eigenvalue weighted by molar-refractivity contribution is -0.151. The quantitative estimate of drug-likeness (QED) is 0.616. The summed E-state index contributed by atoms with van der Waals surface area (Å²) in [6.45, 7) is 0. The van der Waals surface area contributed by atoms with E-state index < -0.39 is 6.29 Å². The van der Waals surface area contributed by atoms with Crippen LogP contribution in [0, 0.1) is 5.82 Å². The van der Waals surface area contributed by atoms with Gasteiger partial charge in [0, 0.05) is 26.0 Å². The topological polar surface area (TPSA) is 47.6 Å². The Bertz CT molecular complexity index is 444. The maximum absolute atomic E-state index is 12.8. The third-order valence-corrected chi connectivity index (χ3v) is 2.93. The Kier molecular flexibility index (Phi) is 6.55. The first-order valence-electron chi connectivity index (χ1n) is 5.48. The van der Waals surface area contributed by atoms with E-state index in [1.165, 1.54) is 44.2 Å². The van der Waals surface area contributed by atoms with Gasteiger partial charge < -0.3 is 14.8 Å².